The van der Waals surface area contributed by atoms with Gasteiger partial charge >= 0.3 is 6.18 Å². The van der Waals surface area contributed by atoms with Gasteiger partial charge in [-0.05, 0) is 6.07 Å². The summed E-state index contributed by atoms with van der Waals surface area (Å²) in [5, 5.41) is 3.38. The monoisotopic (exact) mass is 236 g/mol. The Morgan fingerprint density at radius 2 is 2.00 bits per heavy atom. The van der Waals surface area contributed by atoms with Gasteiger partial charge in [-0.3, -0.25) is 0 Å². The van der Waals surface area contributed by atoms with E-state index in [-0.39, 0.29) is 0 Å². The second-order valence-corrected chi connectivity index (χ2v) is 2.98. The largest absolute Gasteiger partial charge is 0.425 e. The Kier molecular flexibility index (Phi) is 3.96. The molecule has 1 radical (unpaired) electrons. The van der Waals surface area contributed by atoms with Crippen LogP contribution >= 0.6 is 11.6 Å². The Morgan fingerprint density at radius 1 is 1.33 bits per heavy atom. The molecule has 2 nitrogen and oxygen atoms in total. The van der Waals surface area contributed by atoms with E-state index in [1.54, 1.807) is 24.3 Å². The highest BCUT2D eigenvalue weighted by Crippen LogP contribution is 2.15. The molecule has 0 fully saturated rings. The molecule has 81 valence electrons. The lowest BCUT2D eigenvalue weighted by molar-refractivity contribution is -0.173. The molecule has 0 spiro atoms. The summed E-state index contributed by atoms with van der Waals surface area (Å²) in [7, 11) is 0. The Balaban J connectivity index is 2.49. The van der Waals surface area contributed by atoms with Crippen molar-refractivity contribution in [1.82, 2.24) is 0 Å². The first-order chi connectivity index (χ1) is 6.99. The van der Waals surface area contributed by atoms with E-state index in [0.717, 1.165) is 0 Å². The molecule has 6 heteroatoms. The highest BCUT2D eigenvalue weighted by atomic mass is 35.5. The molecule has 0 heterocycles. The fourth-order valence-corrected chi connectivity index (χ4v) is 0.917. The molecule has 0 saturated heterocycles. The molecule has 0 aliphatic heterocycles. The highest BCUT2D eigenvalue weighted by molar-refractivity contribution is 6.33. The van der Waals surface area contributed by atoms with E-state index in [1.807, 2.05) is 0 Å². The van der Waals surface area contributed by atoms with Gasteiger partial charge < -0.3 is 4.84 Å². The molecule has 0 N–H and O–H groups in total. The number of rotatable bonds is 3. The fraction of sp³-hybridized carbons (Fsp3) is 0.222. The molecule has 1 rings (SSSR count). The van der Waals surface area contributed by atoms with Gasteiger partial charge in [-0.25, -0.2) is 0 Å². The Bertz CT molecular complexity index is 351. The molecule has 0 aromatic heterocycles. The van der Waals surface area contributed by atoms with Crippen LogP contribution in [0.1, 0.15) is 5.56 Å². The zero-order valence-corrected chi connectivity index (χ0v) is 8.14. The van der Waals surface area contributed by atoms with Gasteiger partial charge in [0.15, 0.2) is 0 Å². The molecule has 0 saturated carbocycles. The van der Waals surface area contributed by atoms with Crippen LogP contribution in [-0.2, 0) is 4.84 Å². The van der Waals surface area contributed by atoms with Crippen LogP contribution in [0, 0.1) is 0 Å². The van der Waals surface area contributed by atoms with Gasteiger partial charge in [0.2, 0.25) is 6.61 Å². The van der Waals surface area contributed by atoms with E-state index in [0.29, 0.717) is 10.6 Å². The van der Waals surface area contributed by atoms with Crippen LogP contribution in [0.4, 0.5) is 13.2 Å². The lowest BCUT2D eigenvalue weighted by Gasteiger charge is -2.02. The second kappa shape index (κ2) is 5.02. The molecule has 0 bridgehead atoms. The number of benzene rings is 1. The minimum absolute atomic E-state index is 0.344. The van der Waals surface area contributed by atoms with Gasteiger partial charge in [-0.15, -0.1) is 0 Å². The van der Waals surface area contributed by atoms with E-state index in [1.165, 1.54) is 0 Å². The zero-order chi connectivity index (χ0) is 11.3. The van der Waals surface area contributed by atoms with Gasteiger partial charge in [0.1, 0.15) is 6.21 Å². The van der Waals surface area contributed by atoms with Crippen LogP contribution in [0.3, 0.4) is 0 Å². The summed E-state index contributed by atoms with van der Waals surface area (Å²) in [4.78, 5) is 3.99. The normalized spacial score (nSPS) is 12.0. The summed E-state index contributed by atoms with van der Waals surface area (Å²) in [6.45, 7) is -1.44. The van der Waals surface area contributed by atoms with Crippen molar-refractivity contribution in [2.75, 3.05) is 6.61 Å². The van der Waals surface area contributed by atoms with Crippen LogP contribution in [0.5, 0.6) is 0 Å². The molecule has 1 aromatic rings. The molecular weight excluding hydrogens is 231 g/mol. The van der Waals surface area contributed by atoms with Crippen molar-refractivity contribution in [1.29, 1.82) is 0 Å². The minimum atomic E-state index is -4.40. The standard InChI is InChI=1S/C9H6ClF3NO/c10-8-4-2-1-3-7(8)5-14-15-6-9(11,12)13/h1-4H,6H2. The van der Waals surface area contributed by atoms with Crippen molar-refractivity contribution in [3.63, 3.8) is 0 Å². The van der Waals surface area contributed by atoms with Crippen molar-refractivity contribution in [2.45, 2.75) is 6.18 Å². The zero-order valence-electron chi connectivity index (χ0n) is 7.38. The summed E-state index contributed by atoms with van der Waals surface area (Å²) in [5.41, 5.74) is 0.376. The van der Waals surface area contributed by atoms with Crippen LogP contribution in [0.2, 0.25) is 5.02 Å². The van der Waals surface area contributed by atoms with Crippen molar-refractivity contribution in [2.24, 2.45) is 5.16 Å². The van der Waals surface area contributed by atoms with E-state index >= 15 is 0 Å². The molecule has 0 amide bonds. The van der Waals surface area contributed by atoms with E-state index in [9.17, 15) is 13.2 Å². The Labute approximate surface area is 89.3 Å². The van der Waals surface area contributed by atoms with Crippen LogP contribution in [0.25, 0.3) is 0 Å². The minimum Gasteiger partial charge on any atom is -0.386 e. The van der Waals surface area contributed by atoms with Gasteiger partial charge in [0.05, 0.1) is 5.02 Å². The van der Waals surface area contributed by atoms with Gasteiger partial charge in [-0.2, -0.15) is 13.2 Å². The SMILES string of the molecule is FC(F)(F)CO/N=[C]\c1ccccc1Cl. The first-order valence-corrected chi connectivity index (χ1v) is 4.26. The number of hydrogen-bond acceptors (Lipinski definition) is 2. The smallest absolute Gasteiger partial charge is 0.386 e. The average molecular weight is 237 g/mol. The number of hydrogen-bond donors (Lipinski definition) is 0. The van der Waals surface area contributed by atoms with E-state index in [2.05, 4.69) is 16.2 Å². The van der Waals surface area contributed by atoms with Crippen molar-refractivity contribution >= 4 is 17.8 Å². The van der Waals surface area contributed by atoms with Crippen LogP contribution in [0.15, 0.2) is 29.4 Å². The van der Waals surface area contributed by atoms with Crippen molar-refractivity contribution in [3.8, 4) is 0 Å². The predicted molar refractivity (Wildman–Crippen MR) is 50.0 cm³/mol. The topological polar surface area (TPSA) is 21.6 Å². The van der Waals surface area contributed by atoms with E-state index in [4.69, 9.17) is 11.6 Å². The maximum Gasteiger partial charge on any atom is 0.425 e. The van der Waals surface area contributed by atoms with Crippen molar-refractivity contribution in [3.05, 3.63) is 34.9 Å². The second-order valence-electron chi connectivity index (χ2n) is 2.57. The first kappa shape index (κ1) is 11.8. The molecular formula is C9H6ClF3NO. The quantitative estimate of drug-likeness (QED) is 0.584. The van der Waals surface area contributed by atoms with E-state index < -0.39 is 12.8 Å². The highest BCUT2D eigenvalue weighted by Gasteiger charge is 2.28. The molecule has 0 atom stereocenters. The molecule has 1 aromatic carbocycles. The molecule has 0 aliphatic rings. The predicted octanol–water partition coefficient (Wildman–Crippen LogP) is 3.13. The summed E-state index contributed by atoms with van der Waals surface area (Å²) in [5.74, 6) is 0. The Hall–Kier alpha value is -1.23. The number of alkyl halides is 3. The summed E-state index contributed by atoms with van der Waals surface area (Å²) < 4.78 is 34.9. The molecule has 15 heavy (non-hydrogen) atoms. The lowest BCUT2D eigenvalue weighted by Crippen LogP contribution is -2.14. The van der Waals surface area contributed by atoms with Gasteiger partial charge in [-0.1, -0.05) is 35.0 Å². The number of nitrogens with zero attached hydrogens (tertiary/aromatic N) is 1. The average Bonchev–Trinajstić information content (AvgIpc) is 2.13. The van der Waals surface area contributed by atoms with Crippen LogP contribution in [-0.4, -0.2) is 19.0 Å². The third kappa shape index (κ3) is 4.69. The van der Waals surface area contributed by atoms with Crippen molar-refractivity contribution < 1.29 is 18.0 Å². The summed E-state index contributed by atoms with van der Waals surface area (Å²) >= 11 is 5.69. The third-order valence-electron chi connectivity index (χ3n) is 1.33. The number of halogens is 4. The summed E-state index contributed by atoms with van der Waals surface area (Å²) in [6, 6.07) is 6.48. The van der Waals surface area contributed by atoms with Gasteiger partial charge in [0, 0.05) is 5.56 Å². The molecule has 0 aliphatic carbocycles. The summed E-state index contributed by atoms with van der Waals surface area (Å²) in [6.07, 6.45) is -2.14. The molecule has 0 unspecified atom stereocenters. The van der Waals surface area contributed by atoms with Gasteiger partial charge in [0.25, 0.3) is 0 Å². The lowest BCUT2D eigenvalue weighted by atomic mass is 10.2. The Morgan fingerprint density at radius 3 is 2.60 bits per heavy atom. The van der Waals surface area contributed by atoms with Crippen LogP contribution < -0.4 is 0 Å². The maximum absolute atomic E-state index is 11.6. The first-order valence-electron chi connectivity index (χ1n) is 3.88. The third-order valence-corrected chi connectivity index (χ3v) is 1.66. The fourth-order valence-electron chi connectivity index (χ4n) is 0.739. The maximum atomic E-state index is 11.6.